The largest absolute Gasteiger partial charge is 0.491 e. The third-order valence-corrected chi connectivity index (χ3v) is 2.97. The molecule has 1 N–H and O–H groups in total. The zero-order valence-corrected chi connectivity index (χ0v) is 12.7. The van der Waals surface area contributed by atoms with Crippen LogP contribution in [0.2, 0.25) is 0 Å². The number of halogens is 3. The molecule has 0 aromatic heterocycles. The van der Waals surface area contributed by atoms with Crippen LogP contribution in [0.3, 0.4) is 0 Å². The molecular formula is C17H16F3NO2. The van der Waals surface area contributed by atoms with Crippen LogP contribution in [0.1, 0.15) is 29.8 Å². The van der Waals surface area contributed by atoms with E-state index >= 15 is 0 Å². The quantitative estimate of drug-likeness (QED) is 0.850. The number of hydrogen-bond acceptors (Lipinski definition) is 2. The number of carbonyl (C=O) groups excluding carboxylic acids is 1. The molecule has 0 bridgehead atoms. The molecular weight excluding hydrogens is 307 g/mol. The van der Waals surface area contributed by atoms with Crippen molar-refractivity contribution < 1.29 is 22.7 Å². The Labute approximate surface area is 132 Å². The molecule has 122 valence electrons. The van der Waals surface area contributed by atoms with E-state index in [9.17, 15) is 18.0 Å². The van der Waals surface area contributed by atoms with Crippen molar-refractivity contribution in [2.24, 2.45) is 0 Å². The minimum Gasteiger partial charge on any atom is -0.491 e. The van der Waals surface area contributed by atoms with E-state index < -0.39 is 23.4 Å². The van der Waals surface area contributed by atoms with E-state index in [4.69, 9.17) is 4.74 Å². The molecule has 6 heteroatoms. The van der Waals surface area contributed by atoms with Gasteiger partial charge in [-0.1, -0.05) is 12.1 Å². The summed E-state index contributed by atoms with van der Waals surface area (Å²) < 4.78 is 44.7. The molecule has 0 unspecified atom stereocenters. The maximum atomic E-state index is 13.1. The lowest BCUT2D eigenvalue weighted by Crippen LogP contribution is -2.23. The Morgan fingerprint density at radius 2 is 1.78 bits per heavy atom. The lowest BCUT2D eigenvalue weighted by molar-refractivity contribution is 0.0949. The van der Waals surface area contributed by atoms with Gasteiger partial charge in [0.05, 0.1) is 6.10 Å². The first-order valence-corrected chi connectivity index (χ1v) is 7.05. The van der Waals surface area contributed by atoms with Gasteiger partial charge in [-0.3, -0.25) is 4.79 Å². The number of carbonyl (C=O) groups is 1. The van der Waals surface area contributed by atoms with Crippen LogP contribution in [-0.2, 0) is 6.54 Å². The van der Waals surface area contributed by atoms with Crippen LogP contribution >= 0.6 is 0 Å². The van der Waals surface area contributed by atoms with Crippen molar-refractivity contribution in [1.29, 1.82) is 0 Å². The Bertz CT molecular complexity index is 694. The minimum absolute atomic E-state index is 0.0185. The first-order valence-electron chi connectivity index (χ1n) is 7.05. The van der Waals surface area contributed by atoms with Crippen molar-refractivity contribution in [3.05, 3.63) is 65.0 Å². The topological polar surface area (TPSA) is 38.3 Å². The first-order chi connectivity index (χ1) is 10.9. The van der Waals surface area contributed by atoms with Gasteiger partial charge in [0.2, 0.25) is 0 Å². The highest BCUT2D eigenvalue weighted by Crippen LogP contribution is 2.16. The number of benzene rings is 2. The molecule has 0 aliphatic rings. The van der Waals surface area contributed by atoms with Gasteiger partial charge >= 0.3 is 0 Å². The fourth-order valence-corrected chi connectivity index (χ4v) is 1.97. The molecule has 0 aliphatic carbocycles. The second kappa shape index (κ2) is 7.17. The van der Waals surface area contributed by atoms with Crippen LogP contribution in [-0.4, -0.2) is 12.0 Å². The number of hydrogen-bond donors (Lipinski definition) is 1. The van der Waals surface area contributed by atoms with Gasteiger partial charge in [-0.2, -0.15) is 0 Å². The molecule has 0 radical (unpaired) electrons. The molecule has 0 fully saturated rings. The predicted octanol–water partition coefficient (Wildman–Crippen LogP) is 3.82. The van der Waals surface area contributed by atoms with Crippen LogP contribution in [0.15, 0.2) is 36.4 Å². The summed E-state index contributed by atoms with van der Waals surface area (Å²) in [6, 6.07) is 8.41. The van der Waals surface area contributed by atoms with Crippen LogP contribution in [0.5, 0.6) is 5.75 Å². The predicted molar refractivity (Wildman–Crippen MR) is 79.7 cm³/mol. The fraction of sp³-hybridized carbons (Fsp3) is 0.235. The summed E-state index contributed by atoms with van der Waals surface area (Å²) in [5.74, 6) is -4.44. The molecule has 0 atom stereocenters. The van der Waals surface area contributed by atoms with Gasteiger partial charge in [0.1, 0.15) is 5.75 Å². The maximum absolute atomic E-state index is 13.1. The smallest absolute Gasteiger partial charge is 0.251 e. The third-order valence-electron chi connectivity index (χ3n) is 2.97. The Balaban J connectivity index is 2.04. The highest BCUT2D eigenvalue weighted by molar-refractivity contribution is 5.94. The SMILES string of the molecule is CC(C)Oc1cccc(CNC(=O)c2cc(F)c(F)c(F)c2)c1. The summed E-state index contributed by atoms with van der Waals surface area (Å²) in [4.78, 5) is 11.9. The van der Waals surface area contributed by atoms with Gasteiger partial charge < -0.3 is 10.1 Å². The Hall–Kier alpha value is -2.50. The summed E-state index contributed by atoms with van der Waals surface area (Å²) in [6.07, 6.45) is 0.0185. The molecule has 0 saturated carbocycles. The first kappa shape index (κ1) is 16.9. The van der Waals surface area contributed by atoms with E-state index in [1.165, 1.54) is 0 Å². The summed E-state index contributed by atoms with van der Waals surface area (Å²) in [7, 11) is 0. The summed E-state index contributed by atoms with van der Waals surface area (Å²) in [5, 5.41) is 2.52. The lowest BCUT2D eigenvalue weighted by Gasteiger charge is -2.11. The third kappa shape index (κ3) is 4.48. The number of rotatable bonds is 5. The van der Waals surface area contributed by atoms with E-state index in [1.807, 2.05) is 13.8 Å². The van der Waals surface area contributed by atoms with Crippen molar-refractivity contribution in [2.45, 2.75) is 26.5 Å². The molecule has 0 spiro atoms. The molecule has 2 rings (SSSR count). The summed E-state index contributed by atoms with van der Waals surface area (Å²) >= 11 is 0. The summed E-state index contributed by atoms with van der Waals surface area (Å²) in [5.41, 5.74) is 0.482. The molecule has 2 aromatic carbocycles. The van der Waals surface area contributed by atoms with E-state index in [2.05, 4.69) is 5.32 Å². The monoisotopic (exact) mass is 323 g/mol. The molecule has 23 heavy (non-hydrogen) atoms. The number of ether oxygens (including phenoxy) is 1. The lowest BCUT2D eigenvalue weighted by atomic mass is 10.1. The Kier molecular flexibility index (Phi) is 5.26. The summed E-state index contributed by atoms with van der Waals surface area (Å²) in [6.45, 7) is 3.94. The van der Waals surface area contributed by atoms with Crippen molar-refractivity contribution in [2.75, 3.05) is 0 Å². The molecule has 3 nitrogen and oxygen atoms in total. The Morgan fingerprint density at radius 3 is 2.39 bits per heavy atom. The van der Waals surface area contributed by atoms with Crippen LogP contribution in [0.4, 0.5) is 13.2 Å². The zero-order chi connectivity index (χ0) is 17.0. The molecule has 0 heterocycles. The standard InChI is InChI=1S/C17H16F3NO2/c1-10(2)23-13-5-3-4-11(6-13)9-21-17(22)12-7-14(18)16(20)15(19)8-12/h3-8,10H,9H2,1-2H3,(H,21,22). The van der Waals surface area contributed by atoms with Gasteiger partial charge in [-0.05, 0) is 43.7 Å². The van der Waals surface area contributed by atoms with Gasteiger partial charge in [0.25, 0.3) is 5.91 Å². The maximum Gasteiger partial charge on any atom is 0.251 e. The minimum atomic E-state index is -1.60. The molecule has 2 aromatic rings. The van der Waals surface area contributed by atoms with Crippen molar-refractivity contribution in [3.8, 4) is 5.75 Å². The molecule has 0 saturated heterocycles. The fourth-order valence-electron chi connectivity index (χ4n) is 1.97. The van der Waals surface area contributed by atoms with Crippen LogP contribution < -0.4 is 10.1 Å². The normalized spacial score (nSPS) is 10.7. The second-order valence-corrected chi connectivity index (χ2v) is 5.25. The van der Waals surface area contributed by atoms with E-state index in [0.717, 1.165) is 5.56 Å². The van der Waals surface area contributed by atoms with Crippen molar-refractivity contribution in [3.63, 3.8) is 0 Å². The van der Waals surface area contributed by atoms with Gasteiger partial charge in [-0.15, -0.1) is 0 Å². The van der Waals surface area contributed by atoms with E-state index in [0.29, 0.717) is 17.9 Å². The second-order valence-electron chi connectivity index (χ2n) is 5.25. The molecule has 0 aliphatic heterocycles. The average Bonchev–Trinajstić information content (AvgIpc) is 2.49. The van der Waals surface area contributed by atoms with Crippen LogP contribution in [0, 0.1) is 17.5 Å². The van der Waals surface area contributed by atoms with Gasteiger partial charge in [0.15, 0.2) is 17.5 Å². The van der Waals surface area contributed by atoms with Crippen molar-refractivity contribution >= 4 is 5.91 Å². The zero-order valence-electron chi connectivity index (χ0n) is 12.7. The van der Waals surface area contributed by atoms with E-state index in [1.54, 1.807) is 24.3 Å². The average molecular weight is 323 g/mol. The highest BCUT2D eigenvalue weighted by Gasteiger charge is 2.14. The Morgan fingerprint density at radius 1 is 1.13 bits per heavy atom. The van der Waals surface area contributed by atoms with Crippen LogP contribution in [0.25, 0.3) is 0 Å². The number of amides is 1. The van der Waals surface area contributed by atoms with Gasteiger partial charge in [-0.25, -0.2) is 13.2 Å². The van der Waals surface area contributed by atoms with Gasteiger partial charge in [0, 0.05) is 12.1 Å². The molecule has 1 amide bonds. The van der Waals surface area contributed by atoms with E-state index in [-0.39, 0.29) is 18.2 Å². The highest BCUT2D eigenvalue weighted by atomic mass is 19.2. The number of nitrogens with one attached hydrogen (secondary N) is 1. The van der Waals surface area contributed by atoms with Crippen molar-refractivity contribution in [1.82, 2.24) is 5.32 Å².